The molecular weight excluding hydrogens is 436 g/mol. The molecule has 8 heteroatoms. The Balaban J connectivity index is 1.44. The number of carbonyl (C=O) groups excluding carboxylic acids is 2. The smallest absolute Gasteiger partial charge is 0.291 e. The fraction of sp³-hybridized carbons (Fsp3) is 0.182. The number of carbonyl (C=O) groups is 2. The van der Waals surface area contributed by atoms with Gasteiger partial charge in [-0.1, -0.05) is 6.07 Å². The molecule has 2 amide bonds. The van der Waals surface area contributed by atoms with Gasteiger partial charge in [-0.15, -0.1) is 34.0 Å². The number of aryl methyl sites for hydroxylation is 1. The van der Waals surface area contributed by atoms with Gasteiger partial charge in [0.1, 0.15) is 0 Å². The van der Waals surface area contributed by atoms with E-state index in [2.05, 4.69) is 28.2 Å². The molecule has 5 nitrogen and oxygen atoms in total. The predicted molar refractivity (Wildman–Crippen MR) is 121 cm³/mol. The van der Waals surface area contributed by atoms with Gasteiger partial charge in [-0.2, -0.15) is 0 Å². The molecule has 0 saturated heterocycles. The molecule has 1 N–H and O–H groups in total. The van der Waals surface area contributed by atoms with Gasteiger partial charge in [0.05, 0.1) is 22.2 Å². The van der Waals surface area contributed by atoms with Crippen molar-refractivity contribution in [3.63, 3.8) is 0 Å². The van der Waals surface area contributed by atoms with Crippen LogP contribution >= 0.6 is 34.0 Å². The third-order valence-electron chi connectivity index (χ3n) is 5.13. The van der Waals surface area contributed by atoms with Gasteiger partial charge < -0.3 is 14.6 Å². The van der Waals surface area contributed by atoms with Crippen molar-refractivity contribution in [2.45, 2.75) is 19.4 Å². The average Bonchev–Trinajstić information content (AvgIpc) is 3.54. The van der Waals surface area contributed by atoms with E-state index in [0.29, 0.717) is 16.4 Å². The minimum absolute atomic E-state index is 0.00578. The van der Waals surface area contributed by atoms with Gasteiger partial charge in [0, 0.05) is 16.3 Å². The summed E-state index contributed by atoms with van der Waals surface area (Å²) in [7, 11) is 0. The third-order valence-corrected chi connectivity index (χ3v) is 8.19. The van der Waals surface area contributed by atoms with Crippen LogP contribution < -0.4 is 5.32 Å². The van der Waals surface area contributed by atoms with E-state index in [9.17, 15) is 9.59 Å². The summed E-state index contributed by atoms with van der Waals surface area (Å²) in [6.45, 7) is 2.59. The Morgan fingerprint density at radius 3 is 2.83 bits per heavy atom. The third kappa shape index (κ3) is 3.40. The van der Waals surface area contributed by atoms with Crippen LogP contribution in [0.5, 0.6) is 0 Å². The zero-order valence-electron chi connectivity index (χ0n) is 16.1. The first kappa shape index (κ1) is 19.3. The predicted octanol–water partition coefficient (Wildman–Crippen LogP) is 5.81. The van der Waals surface area contributed by atoms with Crippen LogP contribution in [0.25, 0.3) is 0 Å². The molecule has 30 heavy (non-hydrogen) atoms. The Kier molecular flexibility index (Phi) is 5.06. The quantitative estimate of drug-likeness (QED) is 0.423. The molecule has 1 aliphatic rings. The highest BCUT2D eigenvalue weighted by atomic mass is 32.1. The number of nitrogens with zero attached hydrogens (tertiary/aromatic N) is 1. The Morgan fingerprint density at radius 2 is 2.07 bits per heavy atom. The van der Waals surface area contributed by atoms with Crippen LogP contribution in [0.1, 0.15) is 47.1 Å². The molecule has 4 aromatic rings. The molecule has 0 spiro atoms. The first-order valence-corrected chi connectivity index (χ1v) is 12.1. The molecule has 0 aliphatic carbocycles. The highest BCUT2D eigenvalue weighted by Crippen LogP contribution is 2.41. The number of furan rings is 1. The summed E-state index contributed by atoms with van der Waals surface area (Å²) in [5.74, 6) is -0.0726. The van der Waals surface area contributed by atoms with E-state index in [-0.39, 0.29) is 23.6 Å². The molecule has 0 saturated carbocycles. The molecule has 0 bridgehead atoms. The van der Waals surface area contributed by atoms with E-state index in [1.165, 1.54) is 32.9 Å². The lowest BCUT2D eigenvalue weighted by atomic mass is 9.98. The molecule has 1 aliphatic heterocycles. The summed E-state index contributed by atoms with van der Waals surface area (Å²) >= 11 is 4.75. The lowest BCUT2D eigenvalue weighted by molar-refractivity contribution is 0.0703. The fourth-order valence-corrected chi connectivity index (χ4v) is 6.54. The van der Waals surface area contributed by atoms with Gasteiger partial charge in [0.25, 0.3) is 11.8 Å². The molecule has 5 rings (SSSR count). The Hall–Kier alpha value is -2.68. The highest BCUT2D eigenvalue weighted by molar-refractivity contribution is 7.18. The van der Waals surface area contributed by atoms with Crippen LogP contribution in [0.4, 0.5) is 5.00 Å². The van der Waals surface area contributed by atoms with Gasteiger partial charge >= 0.3 is 0 Å². The number of hydrogen-bond donors (Lipinski definition) is 1. The van der Waals surface area contributed by atoms with Crippen LogP contribution in [0, 0.1) is 6.92 Å². The Bertz CT molecular complexity index is 1190. The van der Waals surface area contributed by atoms with Gasteiger partial charge in [-0.25, -0.2) is 0 Å². The van der Waals surface area contributed by atoms with E-state index in [4.69, 9.17) is 4.42 Å². The van der Waals surface area contributed by atoms with Crippen molar-refractivity contribution in [3.05, 3.63) is 84.9 Å². The summed E-state index contributed by atoms with van der Waals surface area (Å²) in [5, 5.41) is 7.63. The first-order valence-electron chi connectivity index (χ1n) is 9.47. The Labute approximate surface area is 185 Å². The minimum atomic E-state index is -0.322. The van der Waals surface area contributed by atoms with Gasteiger partial charge in [0.15, 0.2) is 5.76 Å². The maximum atomic E-state index is 13.6. The molecular formula is C22H18N2O3S3. The van der Waals surface area contributed by atoms with E-state index in [1.54, 1.807) is 34.8 Å². The lowest BCUT2D eigenvalue weighted by Crippen LogP contribution is -2.39. The number of amides is 2. The molecule has 1 atom stereocenters. The SMILES string of the molecule is Cc1cc(NC(=O)c2ccco2)sc1C(=O)N1CCc2sccc2C1c1cccs1. The van der Waals surface area contributed by atoms with E-state index >= 15 is 0 Å². The fourth-order valence-electron chi connectivity index (χ4n) is 3.76. The number of rotatable bonds is 4. The topological polar surface area (TPSA) is 62.6 Å². The summed E-state index contributed by atoms with van der Waals surface area (Å²) in [4.78, 5) is 31.0. The van der Waals surface area contributed by atoms with Crippen LogP contribution in [-0.2, 0) is 6.42 Å². The second-order valence-corrected chi connectivity index (χ2v) is 10.1. The van der Waals surface area contributed by atoms with E-state index < -0.39 is 0 Å². The summed E-state index contributed by atoms with van der Waals surface area (Å²) in [6, 6.07) is 11.3. The number of fused-ring (bicyclic) bond motifs is 1. The second-order valence-electron chi connectivity index (χ2n) is 7.02. The molecule has 5 heterocycles. The first-order chi connectivity index (χ1) is 14.6. The van der Waals surface area contributed by atoms with Crippen molar-refractivity contribution in [2.24, 2.45) is 0 Å². The zero-order chi connectivity index (χ0) is 20.7. The standard InChI is InChI=1S/C22H18N2O3S3/c1-13-12-18(23-21(25)15-4-2-9-27-15)30-20(13)22(26)24-8-6-16-14(7-11-29-16)19(24)17-5-3-10-28-17/h2-5,7,9-12,19H,6,8H2,1H3,(H,23,25). The largest absolute Gasteiger partial charge is 0.459 e. The molecule has 0 aromatic carbocycles. The zero-order valence-corrected chi connectivity index (χ0v) is 18.5. The second kappa shape index (κ2) is 7.86. The van der Waals surface area contributed by atoms with E-state index in [0.717, 1.165) is 12.0 Å². The van der Waals surface area contributed by atoms with Crippen molar-refractivity contribution in [3.8, 4) is 0 Å². The highest BCUT2D eigenvalue weighted by Gasteiger charge is 2.35. The monoisotopic (exact) mass is 454 g/mol. The van der Waals surface area contributed by atoms with Gasteiger partial charge in [-0.05, 0) is 65.6 Å². The molecule has 152 valence electrons. The van der Waals surface area contributed by atoms with Crippen LogP contribution in [0.2, 0.25) is 0 Å². The minimum Gasteiger partial charge on any atom is -0.459 e. The molecule has 4 aromatic heterocycles. The van der Waals surface area contributed by atoms with Crippen molar-refractivity contribution < 1.29 is 14.0 Å². The number of hydrogen-bond acceptors (Lipinski definition) is 6. The van der Waals surface area contributed by atoms with Crippen molar-refractivity contribution in [1.82, 2.24) is 4.90 Å². The van der Waals surface area contributed by atoms with Crippen LogP contribution in [-0.4, -0.2) is 23.3 Å². The van der Waals surface area contributed by atoms with Crippen molar-refractivity contribution in [1.29, 1.82) is 0 Å². The maximum absolute atomic E-state index is 13.6. The molecule has 1 unspecified atom stereocenters. The van der Waals surface area contributed by atoms with Crippen LogP contribution in [0.15, 0.2) is 57.8 Å². The summed E-state index contributed by atoms with van der Waals surface area (Å²) in [5.41, 5.74) is 2.09. The van der Waals surface area contributed by atoms with Gasteiger partial charge in [-0.3, -0.25) is 9.59 Å². The van der Waals surface area contributed by atoms with Crippen molar-refractivity contribution in [2.75, 3.05) is 11.9 Å². The van der Waals surface area contributed by atoms with Crippen molar-refractivity contribution >= 4 is 50.8 Å². The van der Waals surface area contributed by atoms with E-state index in [1.807, 2.05) is 24.0 Å². The van der Waals surface area contributed by atoms with Gasteiger partial charge in [0.2, 0.25) is 0 Å². The average molecular weight is 455 g/mol. The number of thiophene rings is 3. The summed E-state index contributed by atoms with van der Waals surface area (Å²) in [6.07, 6.45) is 2.33. The Morgan fingerprint density at radius 1 is 1.17 bits per heavy atom. The lowest BCUT2D eigenvalue weighted by Gasteiger charge is -2.35. The summed E-state index contributed by atoms with van der Waals surface area (Å²) < 4.78 is 5.15. The maximum Gasteiger partial charge on any atom is 0.291 e. The molecule has 0 fully saturated rings. The number of anilines is 1. The number of nitrogens with one attached hydrogen (secondary N) is 1. The molecule has 0 radical (unpaired) electrons. The van der Waals surface area contributed by atoms with Crippen LogP contribution in [0.3, 0.4) is 0 Å². The normalized spacial score (nSPS) is 15.8.